The van der Waals surface area contributed by atoms with Gasteiger partial charge in [-0.1, -0.05) is 26.2 Å². The Balaban J connectivity index is 1.73. The number of thioether (sulfide) groups is 1. The lowest BCUT2D eigenvalue weighted by Gasteiger charge is -2.33. The highest BCUT2D eigenvalue weighted by atomic mass is 32.2. The van der Waals surface area contributed by atoms with Gasteiger partial charge in [0.05, 0.1) is 0 Å². The van der Waals surface area contributed by atoms with Gasteiger partial charge in [-0.2, -0.15) is 0 Å². The van der Waals surface area contributed by atoms with Gasteiger partial charge in [0, 0.05) is 31.1 Å². The fourth-order valence-electron chi connectivity index (χ4n) is 4.41. The first-order valence-corrected chi connectivity index (χ1v) is 12.1. The second-order valence-corrected chi connectivity index (χ2v) is 9.45. The molecule has 0 aromatic carbocycles. The van der Waals surface area contributed by atoms with Gasteiger partial charge in [-0.25, -0.2) is 4.98 Å². The van der Waals surface area contributed by atoms with Crippen LogP contribution in [0.3, 0.4) is 0 Å². The van der Waals surface area contributed by atoms with Crippen molar-refractivity contribution >= 4 is 23.5 Å². The molecular formula is C22H35N3O3S. The van der Waals surface area contributed by atoms with Gasteiger partial charge >= 0.3 is 5.97 Å². The molecule has 162 valence electrons. The standard InChI is InChI=1S/C22H35N3O3S/c1-2-13-29-22-18(21(28)23-17-8-4-3-5-9-17)10-11-19(24-22)25-12-6-7-16(15-25)14-20(26)27/h10-11,16-17,21,23,28H,2-9,12-15H2,1H3,(H,26,27)/t16-,21?/m0/s1. The summed E-state index contributed by atoms with van der Waals surface area (Å²) in [6.45, 7) is 3.79. The van der Waals surface area contributed by atoms with Crippen molar-refractivity contribution in [2.24, 2.45) is 5.92 Å². The van der Waals surface area contributed by atoms with E-state index in [1.165, 1.54) is 19.3 Å². The first-order chi connectivity index (χ1) is 14.1. The van der Waals surface area contributed by atoms with Crippen LogP contribution in [0.5, 0.6) is 0 Å². The van der Waals surface area contributed by atoms with Crippen LogP contribution in [0, 0.1) is 5.92 Å². The largest absolute Gasteiger partial charge is 0.481 e. The highest BCUT2D eigenvalue weighted by molar-refractivity contribution is 7.99. The van der Waals surface area contributed by atoms with Crippen molar-refractivity contribution in [2.45, 2.75) is 82.0 Å². The zero-order valence-electron chi connectivity index (χ0n) is 17.5. The minimum atomic E-state index is -0.726. The van der Waals surface area contributed by atoms with Crippen LogP contribution < -0.4 is 10.2 Å². The van der Waals surface area contributed by atoms with Crippen molar-refractivity contribution in [3.63, 3.8) is 0 Å². The minimum Gasteiger partial charge on any atom is -0.481 e. The molecule has 3 rings (SSSR count). The molecular weight excluding hydrogens is 386 g/mol. The molecule has 29 heavy (non-hydrogen) atoms. The number of nitrogens with zero attached hydrogens (tertiary/aromatic N) is 2. The lowest BCUT2D eigenvalue weighted by Crippen LogP contribution is -2.37. The molecule has 0 spiro atoms. The summed E-state index contributed by atoms with van der Waals surface area (Å²) in [4.78, 5) is 18.2. The molecule has 1 aliphatic heterocycles. The monoisotopic (exact) mass is 421 g/mol. The van der Waals surface area contributed by atoms with Gasteiger partial charge < -0.3 is 15.1 Å². The molecule has 2 heterocycles. The molecule has 6 nitrogen and oxygen atoms in total. The van der Waals surface area contributed by atoms with E-state index in [0.717, 1.165) is 67.4 Å². The third-order valence-electron chi connectivity index (χ3n) is 5.92. The number of carboxylic acid groups (broad SMARTS) is 1. The third-order valence-corrected chi connectivity index (χ3v) is 7.13. The molecule has 1 saturated carbocycles. The van der Waals surface area contributed by atoms with Crippen LogP contribution >= 0.6 is 11.8 Å². The van der Waals surface area contributed by atoms with Gasteiger partial charge in [-0.3, -0.25) is 10.1 Å². The SMILES string of the molecule is CCCSc1nc(N2CCC[C@@H](CC(=O)O)C2)ccc1C(O)NC1CCCCC1. The van der Waals surface area contributed by atoms with E-state index in [0.29, 0.717) is 6.04 Å². The number of rotatable bonds is 9. The summed E-state index contributed by atoms with van der Waals surface area (Å²) < 4.78 is 0. The quantitative estimate of drug-likeness (QED) is 0.407. The van der Waals surface area contributed by atoms with Gasteiger partial charge in [0.15, 0.2) is 0 Å². The topological polar surface area (TPSA) is 85.7 Å². The Bertz CT molecular complexity index is 667. The lowest BCUT2D eigenvalue weighted by atomic mass is 9.95. The van der Waals surface area contributed by atoms with Crippen molar-refractivity contribution < 1.29 is 15.0 Å². The van der Waals surface area contributed by atoms with Crippen LogP contribution in [0.25, 0.3) is 0 Å². The van der Waals surface area contributed by atoms with Crippen LogP contribution in [-0.2, 0) is 4.79 Å². The molecule has 1 unspecified atom stereocenters. The van der Waals surface area contributed by atoms with E-state index in [1.807, 2.05) is 12.1 Å². The fraction of sp³-hybridized carbons (Fsp3) is 0.727. The van der Waals surface area contributed by atoms with Gasteiger partial charge in [0.25, 0.3) is 0 Å². The molecule has 3 N–H and O–H groups in total. The first kappa shape index (κ1) is 22.4. The van der Waals surface area contributed by atoms with Crippen molar-refractivity contribution in [1.29, 1.82) is 0 Å². The summed E-state index contributed by atoms with van der Waals surface area (Å²) in [5.41, 5.74) is 0.858. The van der Waals surface area contributed by atoms with Gasteiger partial charge in [0.1, 0.15) is 17.1 Å². The molecule has 1 aromatic rings. The average molecular weight is 422 g/mol. The first-order valence-electron chi connectivity index (χ1n) is 11.1. The van der Waals surface area contributed by atoms with Gasteiger partial charge in [-0.05, 0) is 55.9 Å². The van der Waals surface area contributed by atoms with Gasteiger partial charge in [0.2, 0.25) is 0 Å². The number of anilines is 1. The zero-order chi connectivity index (χ0) is 20.6. The number of aromatic nitrogens is 1. The summed E-state index contributed by atoms with van der Waals surface area (Å²) in [7, 11) is 0. The maximum Gasteiger partial charge on any atom is 0.303 e. The predicted molar refractivity (Wildman–Crippen MR) is 117 cm³/mol. The van der Waals surface area contributed by atoms with Crippen molar-refractivity contribution in [1.82, 2.24) is 10.3 Å². The highest BCUT2D eigenvalue weighted by Gasteiger charge is 2.25. The summed E-state index contributed by atoms with van der Waals surface area (Å²) in [5, 5.41) is 24.3. The maximum atomic E-state index is 11.1. The second kappa shape index (κ2) is 11.2. The maximum absolute atomic E-state index is 11.1. The molecule has 1 aliphatic carbocycles. The summed E-state index contributed by atoms with van der Waals surface area (Å²) >= 11 is 1.70. The van der Waals surface area contributed by atoms with E-state index < -0.39 is 12.2 Å². The zero-order valence-corrected chi connectivity index (χ0v) is 18.3. The van der Waals surface area contributed by atoms with E-state index in [9.17, 15) is 9.90 Å². The predicted octanol–water partition coefficient (Wildman–Crippen LogP) is 4.19. The average Bonchev–Trinajstić information content (AvgIpc) is 2.72. The number of piperidine rings is 1. The molecule has 7 heteroatoms. The normalized spacial score (nSPS) is 21.9. The van der Waals surface area contributed by atoms with E-state index in [1.54, 1.807) is 11.8 Å². The minimum absolute atomic E-state index is 0.174. The molecule has 2 aliphatic rings. The van der Waals surface area contributed by atoms with Crippen LogP contribution in [0.15, 0.2) is 17.2 Å². The van der Waals surface area contributed by atoms with Crippen LogP contribution in [0.1, 0.15) is 76.5 Å². The number of carboxylic acids is 1. The van der Waals surface area contributed by atoms with Crippen molar-refractivity contribution in [2.75, 3.05) is 23.7 Å². The molecule has 2 fully saturated rings. The Labute approximate surface area is 178 Å². The number of aliphatic carboxylic acids is 1. The van der Waals surface area contributed by atoms with E-state index >= 15 is 0 Å². The van der Waals surface area contributed by atoms with Crippen LogP contribution in [0.2, 0.25) is 0 Å². The summed E-state index contributed by atoms with van der Waals surface area (Å²) in [6.07, 6.45) is 8.52. The van der Waals surface area contributed by atoms with E-state index in [4.69, 9.17) is 10.1 Å². The summed E-state index contributed by atoms with van der Waals surface area (Å²) in [6, 6.07) is 4.36. The number of carbonyl (C=O) groups is 1. The van der Waals surface area contributed by atoms with Gasteiger partial charge in [-0.15, -0.1) is 11.8 Å². The van der Waals surface area contributed by atoms with E-state index in [-0.39, 0.29) is 12.3 Å². The number of pyridine rings is 1. The second-order valence-electron chi connectivity index (χ2n) is 8.37. The third kappa shape index (κ3) is 6.59. The molecule has 0 bridgehead atoms. The smallest absolute Gasteiger partial charge is 0.303 e. The van der Waals surface area contributed by atoms with E-state index in [2.05, 4.69) is 17.1 Å². The molecule has 0 amide bonds. The molecule has 1 aromatic heterocycles. The fourth-order valence-corrected chi connectivity index (χ4v) is 5.31. The number of aliphatic hydroxyl groups is 1. The Morgan fingerprint density at radius 1 is 1.28 bits per heavy atom. The Morgan fingerprint density at radius 2 is 2.07 bits per heavy atom. The van der Waals surface area contributed by atoms with Crippen LogP contribution in [-0.4, -0.2) is 46.1 Å². The van der Waals surface area contributed by atoms with Crippen molar-refractivity contribution in [3.05, 3.63) is 17.7 Å². The highest BCUT2D eigenvalue weighted by Crippen LogP contribution is 2.31. The van der Waals surface area contributed by atoms with Crippen LogP contribution in [0.4, 0.5) is 5.82 Å². The number of hydrogen-bond acceptors (Lipinski definition) is 6. The Morgan fingerprint density at radius 3 is 2.79 bits per heavy atom. The lowest BCUT2D eigenvalue weighted by molar-refractivity contribution is -0.138. The van der Waals surface area contributed by atoms with Crippen molar-refractivity contribution in [3.8, 4) is 0 Å². The Hall–Kier alpha value is -1.31. The molecule has 2 atom stereocenters. The molecule has 1 saturated heterocycles. The number of aliphatic hydroxyl groups excluding tert-OH is 1. The summed E-state index contributed by atoms with van der Waals surface area (Å²) in [5.74, 6) is 1.30. The molecule has 0 radical (unpaired) electrons. The number of hydrogen-bond donors (Lipinski definition) is 3. The Kier molecular flexibility index (Phi) is 8.63. The number of nitrogens with one attached hydrogen (secondary N) is 1.